The van der Waals surface area contributed by atoms with Gasteiger partial charge in [-0.1, -0.05) is 6.92 Å². The van der Waals surface area contributed by atoms with Crippen molar-refractivity contribution in [2.45, 2.75) is 46.3 Å². The number of esters is 1. The highest BCUT2D eigenvalue weighted by molar-refractivity contribution is 5.94. The van der Waals surface area contributed by atoms with Crippen molar-refractivity contribution in [3.63, 3.8) is 0 Å². The highest BCUT2D eigenvalue weighted by Crippen LogP contribution is 2.25. The van der Waals surface area contributed by atoms with Gasteiger partial charge in [-0.2, -0.15) is 0 Å². The fourth-order valence-corrected chi connectivity index (χ4v) is 2.78. The molecule has 6 nitrogen and oxygen atoms in total. The predicted octanol–water partition coefficient (Wildman–Crippen LogP) is 2.56. The van der Waals surface area contributed by atoms with Crippen LogP contribution in [0.2, 0.25) is 0 Å². The highest BCUT2D eigenvalue weighted by Gasteiger charge is 2.24. The Bertz CT molecular complexity index is 746. The number of fused-ring (bicyclic) bond motifs is 1. The minimum Gasteiger partial charge on any atom is -0.459 e. The first-order valence-corrected chi connectivity index (χ1v) is 8.33. The van der Waals surface area contributed by atoms with Crippen LogP contribution in [0, 0.1) is 0 Å². The van der Waals surface area contributed by atoms with Crippen LogP contribution in [0.25, 0.3) is 0 Å². The van der Waals surface area contributed by atoms with Gasteiger partial charge in [0.1, 0.15) is 17.2 Å². The summed E-state index contributed by atoms with van der Waals surface area (Å²) in [4.78, 5) is 27.9. The van der Waals surface area contributed by atoms with Crippen LogP contribution in [-0.2, 0) is 24.1 Å². The topological polar surface area (TPSA) is 68.2 Å². The van der Waals surface area contributed by atoms with Gasteiger partial charge in [0.25, 0.3) is 0 Å². The van der Waals surface area contributed by atoms with E-state index in [1.54, 1.807) is 18.3 Å². The molecule has 3 heterocycles. The number of rotatable bonds is 4. The summed E-state index contributed by atoms with van der Waals surface area (Å²) in [5.41, 5.74) is 2.69. The van der Waals surface area contributed by atoms with Gasteiger partial charge in [-0.05, 0) is 38.0 Å². The quantitative estimate of drug-likeness (QED) is 0.804. The molecule has 0 unspecified atom stereocenters. The van der Waals surface area contributed by atoms with E-state index < -0.39 is 0 Å². The predicted molar refractivity (Wildman–Crippen MR) is 91.0 cm³/mol. The number of hydrogen-bond acceptors (Lipinski definition) is 6. The Labute approximate surface area is 141 Å². The zero-order chi connectivity index (χ0) is 17.1. The SMILES string of the molecule is CCc1ncc2c(n1)CN(c1ncccc1C(=O)OC(C)C)CC2. The van der Waals surface area contributed by atoms with E-state index in [0.717, 1.165) is 30.9 Å². The third kappa shape index (κ3) is 3.37. The summed E-state index contributed by atoms with van der Waals surface area (Å²) in [6, 6.07) is 3.52. The van der Waals surface area contributed by atoms with Crippen molar-refractivity contribution in [1.82, 2.24) is 15.0 Å². The molecule has 0 bridgehead atoms. The van der Waals surface area contributed by atoms with Crippen molar-refractivity contribution in [3.8, 4) is 0 Å². The Balaban J connectivity index is 1.89. The Hall–Kier alpha value is -2.50. The summed E-state index contributed by atoms with van der Waals surface area (Å²) in [7, 11) is 0. The fourth-order valence-electron chi connectivity index (χ4n) is 2.78. The normalized spacial score (nSPS) is 13.8. The molecule has 0 saturated carbocycles. The molecule has 6 heteroatoms. The van der Waals surface area contributed by atoms with E-state index in [-0.39, 0.29) is 12.1 Å². The van der Waals surface area contributed by atoms with Gasteiger partial charge in [0, 0.05) is 25.4 Å². The molecule has 2 aromatic heterocycles. The maximum atomic E-state index is 12.4. The molecule has 0 saturated heterocycles. The van der Waals surface area contributed by atoms with Crippen LogP contribution in [0.15, 0.2) is 24.5 Å². The zero-order valence-corrected chi connectivity index (χ0v) is 14.3. The van der Waals surface area contributed by atoms with E-state index in [9.17, 15) is 4.79 Å². The molecule has 24 heavy (non-hydrogen) atoms. The lowest BCUT2D eigenvalue weighted by Gasteiger charge is -2.30. The number of carbonyl (C=O) groups is 1. The smallest absolute Gasteiger partial charge is 0.342 e. The summed E-state index contributed by atoms with van der Waals surface area (Å²) < 4.78 is 5.34. The fraction of sp³-hybridized carbons (Fsp3) is 0.444. The Morgan fingerprint density at radius 1 is 1.38 bits per heavy atom. The second-order valence-electron chi connectivity index (χ2n) is 6.11. The minimum absolute atomic E-state index is 0.160. The number of anilines is 1. The molecular formula is C18H22N4O2. The lowest BCUT2D eigenvalue weighted by atomic mass is 10.1. The van der Waals surface area contributed by atoms with E-state index in [2.05, 4.69) is 19.9 Å². The highest BCUT2D eigenvalue weighted by atomic mass is 16.5. The Morgan fingerprint density at radius 3 is 2.96 bits per heavy atom. The van der Waals surface area contributed by atoms with Gasteiger partial charge in [0.15, 0.2) is 0 Å². The monoisotopic (exact) mass is 326 g/mol. The second kappa shape index (κ2) is 6.95. The molecule has 3 rings (SSSR count). The third-order valence-corrected chi connectivity index (χ3v) is 3.96. The maximum absolute atomic E-state index is 12.4. The molecule has 0 atom stereocenters. The van der Waals surface area contributed by atoms with Gasteiger partial charge in [-0.3, -0.25) is 0 Å². The van der Waals surface area contributed by atoms with Crippen molar-refractivity contribution in [2.24, 2.45) is 0 Å². The first-order valence-electron chi connectivity index (χ1n) is 8.33. The molecule has 0 aliphatic carbocycles. The first kappa shape index (κ1) is 16.4. The Morgan fingerprint density at radius 2 is 2.21 bits per heavy atom. The van der Waals surface area contributed by atoms with Crippen molar-refractivity contribution >= 4 is 11.8 Å². The molecule has 126 valence electrons. The zero-order valence-electron chi connectivity index (χ0n) is 14.3. The van der Waals surface area contributed by atoms with E-state index >= 15 is 0 Å². The number of aromatic nitrogens is 3. The summed E-state index contributed by atoms with van der Waals surface area (Å²) in [6.45, 7) is 7.13. The third-order valence-electron chi connectivity index (χ3n) is 3.96. The van der Waals surface area contributed by atoms with Gasteiger partial charge in [0.05, 0.1) is 18.3 Å². The molecule has 2 aromatic rings. The van der Waals surface area contributed by atoms with Crippen LogP contribution in [0.4, 0.5) is 5.82 Å². The van der Waals surface area contributed by atoms with Gasteiger partial charge in [0.2, 0.25) is 0 Å². The van der Waals surface area contributed by atoms with Gasteiger partial charge < -0.3 is 9.64 Å². The van der Waals surface area contributed by atoms with Crippen LogP contribution in [0.1, 0.15) is 48.2 Å². The van der Waals surface area contributed by atoms with Gasteiger partial charge in [-0.15, -0.1) is 0 Å². The molecule has 0 fully saturated rings. The average Bonchev–Trinajstić information content (AvgIpc) is 2.60. The molecule has 0 amide bonds. The lowest BCUT2D eigenvalue weighted by molar-refractivity contribution is 0.0378. The molecule has 1 aliphatic heterocycles. The number of pyridine rings is 1. The molecule has 0 spiro atoms. The van der Waals surface area contributed by atoms with Crippen molar-refractivity contribution in [3.05, 3.63) is 47.2 Å². The van der Waals surface area contributed by atoms with E-state index in [0.29, 0.717) is 17.9 Å². The summed E-state index contributed by atoms with van der Waals surface area (Å²) >= 11 is 0. The van der Waals surface area contributed by atoms with Crippen molar-refractivity contribution in [2.75, 3.05) is 11.4 Å². The largest absolute Gasteiger partial charge is 0.459 e. The van der Waals surface area contributed by atoms with Crippen molar-refractivity contribution in [1.29, 1.82) is 0 Å². The Kier molecular flexibility index (Phi) is 4.74. The number of carbonyl (C=O) groups excluding carboxylic acids is 1. The van der Waals surface area contributed by atoms with Crippen LogP contribution in [-0.4, -0.2) is 33.6 Å². The number of aryl methyl sites for hydroxylation is 1. The van der Waals surface area contributed by atoms with Crippen LogP contribution >= 0.6 is 0 Å². The van der Waals surface area contributed by atoms with Crippen LogP contribution < -0.4 is 4.90 Å². The molecular weight excluding hydrogens is 304 g/mol. The van der Waals surface area contributed by atoms with Gasteiger partial charge >= 0.3 is 5.97 Å². The van der Waals surface area contributed by atoms with E-state index in [4.69, 9.17) is 4.74 Å². The standard InChI is InChI=1S/C18H22N4O2/c1-4-16-20-10-13-7-9-22(11-15(13)21-16)17-14(6-5-8-19-17)18(23)24-12(2)3/h5-6,8,10,12H,4,7,9,11H2,1-3H3. The van der Waals surface area contributed by atoms with Crippen LogP contribution in [0.5, 0.6) is 0 Å². The maximum Gasteiger partial charge on any atom is 0.342 e. The molecule has 1 aliphatic rings. The van der Waals surface area contributed by atoms with Gasteiger partial charge in [-0.25, -0.2) is 19.7 Å². The molecule has 0 radical (unpaired) electrons. The number of ether oxygens (including phenoxy) is 1. The summed E-state index contributed by atoms with van der Waals surface area (Å²) in [5, 5.41) is 0. The second-order valence-corrected chi connectivity index (χ2v) is 6.11. The molecule has 0 N–H and O–H groups in total. The first-order chi connectivity index (χ1) is 11.6. The minimum atomic E-state index is -0.337. The van der Waals surface area contributed by atoms with E-state index in [1.807, 2.05) is 27.0 Å². The van der Waals surface area contributed by atoms with Crippen LogP contribution in [0.3, 0.4) is 0 Å². The van der Waals surface area contributed by atoms with Crippen molar-refractivity contribution < 1.29 is 9.53 Å². The summed E-state index contributed by atoms with van der Waals surface area (Å²) in [6.07, 6.45) is 5.11. The lowest BCUT2D eigenvalue weighted by Crippen LogP contribution is -2.33. The van der Waals surface area contributed by atoms with E-state index in [1.165, 1.54) is 5.56 Å². The average molecular weight is 326 g/mol. The molecule has 0 aromatic carbocycles. The number of hydrogen-bond donors (Lipinski definition) is 0. The summed E-state index contributed by atoms with van der Waals surface area (Å²) in [5.74, 6) is 1.16. The number of nitrogens with zero attached hydrogens (tertiary/aromatic N) is 4.